The standard InChI is InChI=1S/2C5H8O3.C3H7O.Al/c2*1-2-4(6)3-5(7)8;1-2-3-4;/h2*2-3H2,1H3,(H,7,8);2-3H2,1H3;/q;;-1;+3/p-2. The second-order valence-electron chi connectivity index (χ2n) is 4.28. The molecule has 0 aromatic heterocycles. The summed E-state index contributed by atoms with van der Waals surface area (Å²) in [6.45, 7) is 5.38. The molecule has 0 saturated carbocycles. The lowest BCUT2D eigenvalue weighted by Crippen LogP contribution is -2.34. The van der Waals surface area contributed by atoms with Gasteiger partial charge in [-0.2, -0.15) is 0 Å². The Bertz CT molecular complexity index is 349. The quantitative estimate of drug-likeness (QED) is 0.417. The van der Waals surface area contributed by atoms with Crippen LogP contribution in [-0.4, -0.2) is 45.3 Å². The van der Waals surface area contributed by atoms with Crippen molar-refractivity contribution in [2.75, 3.05) is 6.61 Å². The van der Waals surface area contributed by atoms with Crippen LogP contribution in [0.5, 0.6) is 0 Å². The van der Waals surface area contributed by atoms with Crippen LogP contribution in [0.15, 0.2) is 0 Å². The molecule has 0 unspecified atom stereocenters. The van der Waals surface area contributed by atoms with Gasteiger partial charge in [0.2, 0.25) is 0 Å². The molecule has 118 valence electrons. The lowest BCUT2D eigenvalue weighted by atomic mass is 10.2. The fraction of sp³-hybridized carbons (Fsp3) is 0.692. The Morgan fingerprint density at radius 1 is 0.810 bits per heavy atom. The van der Waals surface area contributed by atoms with Crippen LogP contribution < -0.4 is 0 Å². The molecule has 21 heavy (non-hydrogen) atoms. The van der Waals surface area contributed by atoms with Gasteiger partial charge in [0.25, 0.3) is 11.9 Å². The number of Topliss-reactive ketones (excluding diaryl/α,β-unsaturated/α-hetero) is 2. The van der Waals surface area contributed by atoms with Gasteiger partial charge in [-0.05, 0) is 6.42 Å². The van der Waals surface area contributed by atoms with Crippen molar-refractivity contribution in [3.63, 3.8) is 0 Å². The maximum Gasteiger partial charge on any atom is 1.10 e. The van der Waals surface area contributed by atoms with Crippen molar-refractivity contribution in [3.8, 4) is 0 Å². The van der Waals surface area contributed by atoms with E-state index in [2.05, 4.69) is 0 Å². The highest BCUT2D eigenvalue weighted by Gasteiger charge is 2.43. The van der Waals surface area contributed by atoms with Gasteiger partial charge >= 0.3 is 15.1 Å². The van der Waals surface area contributed by atoms with E-state index >= 15 is 0 Å². The summed E-state index contributed by atoms with van der Waals surface area (Å²) in [5, 5.41) is 0. The number of hydrogen-bond acceptors (Lipinski definition) is 7. The number of carbonyl (C=O) groups is 4. The Labute approximate surface area is 129 Å². The zero-order valence-corrected chi connectivity index (χ0v) is 13.8. The average Bonchev–Trinajstić information content (AvgIpc) is 2.43. The van der Waals surface area contributed by atoms with E-state index in [0.29, 0.717) is 6.42 Å². The van der Waals surface area contributed by atoms with Crippen LogP contribution in [0.2, 0.25) is 0 Å². The van der Waals surface area contributed by atoms with E-state index in [1.54, 1.807) is 13.8 Å². The van der Waals surface area contributed by atoms with Gasteiger partial charge < -0.3 is 11.4 Å². The highest BCUT2D eigenvalue weighted by molar-refractivity contribution is 6.42. The summed E-state index contributed by atoms with van der Waals surface area (Å²) < 4.78 is 15.0. The van der Waals surface area contributed by atoms with E-state index in [-0.39, 0.29) is 43.9 Å². The normalized spacial score (nSPS) is 9.86. The monoisotopic (exact) mass is 316 g/mol. The van der Waals surface area contributed by atoms with Crippen LogP contribution in [0, 0.1) is 0 Å². The van der Waals surface area contributed by atoms with E-state index in [0.717, 1.165) is 0 Å². The van der Waals surface area contributed by atoms with Crippen LogP contribution in [0.1, 0.15) is 52.9 Å². The Morgan fingerprint density at radius 3 is 1.57 bits per heavy atom. The minimum Gasteiger partial charge on any atom is -0.561 e. The molecule has 7 nitrogen and oxygen atoms in total. The summed E-state index contributed by atoms with van der Waals surface area (Å²) in [4.78, 5) is 45.3. The molecule has 0 amide bonds. The Balaban J connectivity index is 4.43. The van der Waals surface area contributed by atoms with Crippen LogP contribution >= 0.6 is 0 Å². The first-order valence-electron chi connectivity index (χ1n) is 6.96. The Hall–Kier alpha value is -1.23. The van der Waals surface area contributed by atoms with Crippen molar-refractivity contribution in [1.29, 1.82) is 0 Å². The molecule has 0 atom stereocenters. The molecule has 0 bridgehead atoms. The predicted octanol–water partition coefficient (Wildman–Crippen LogP) is 1.22. The van der Waals surface area contributed by atoms with Crippen LogP contribution in [0.25, 0.3) is 0 Å². The summed E-state index contributed by atoms with van der Waals surface area (Å²) >= 11 is -3.01. The highest BCUT2D eigenvalue weighted by Crippen LogP contribution is 2.02. The van der Waals surface area contributed by atoms with Crippen molar-refractivity contribution in [1.82, 2.24) is 0 Å². The fourth-order valence-electron chi connectivity index (χ4n) is 1.18. The third kappa shape index (κ3) is 10.2. The van der Waals surface area contributed by atoms with Crippen molar-refractivity contribution in [2.45, 2.75) is 52.9 Å². The second-order valence-corrected chi connectivity index (χ2v) is 5.66. The van der Waals surface area contributed by atoms with Gasteiger partial charge in [-0.3, -0.25) is 19.2 Å². The average molecular weight is 316 g/mol. The smallest absolute Gasteiger partial charge is 0.561 e. The summed E-state index contributed by atoms with van der Waals surface area (Å²) in [5.41, 5.74) is 0. The summed E-state index contributed by atoms with van der Waals surface area (Å²) in [6.07, 6.45) is 0.353. The van der Waals surface area contributed by atoms with Gasteiger partial charge in [0.15, 0.2) is 0 Å². The molecule has 0 aliphatic rings. The number of ketones is 2. The molecule has 0 radical (unpaired) electrons. The molecule has 0 heterocycles. The van der Waals surface area contributed by atoms with E-state index in [9.17, 15) is 19.2 Å². The molecule has 0 aromatic carbocycles. The van der Waals surface area contributed by atoms with Gasteiger partial charge in [-0.15, -0.1) is 0 Å². The van der Waals surface area contributed by atoms with Gasteiger partial charge in [0.1, 0.15) is 24.4 Å². The maximum absolute atomic E-state index is 11.5. The third-order valence-electron chi connectivity index (χ3n) is 2.39. The van der Waals surface area contributed by atoms with Crippen molar-refractivity contribution in [3.05, 3.63) is 0 Å². The van der Waals surface area contributed by atoms with Crippen molar-refractivity contribution in [2.24, 2.45) is 0 Å². The molecule has 8 heteroatoms. The van der Waals surface area contributed by atoms with E-state index in [1.165, 1.54) is 0 Å². The molecule has 0 N–H and O–H groups in total. The first kappa shape index (κ1) is 19.8. The molecule has 0 aliphatic heterocycles. The molecule has 0 aliphatic carbocycles. The molecule has 0 rings (SSSR count). The van der Waals surface area contributed by atoms with E-state index in [1.807, 2.05) is 6.92 Å². The lowest BCUT2D eigenvalue weighted by molar-refractivity contribution is -0.145. The second kappa shape index (κ2) is 11.4. The molecule has 0 aromatic rings. The van der Waals surface area contributed by atoms with Crippen LogP contribution in [0.4, 0.5) is 0 Å². The largest absolute Gasteiger partial charge is 1.10 e. The van der Waals surface area contributed by atoms with Gasteiger partial charge in [0, 0.05) is 19.4 Å². The molecule has 0 fully saturated rings. The Morgan fingerprint density at radius 2 is 1.24 bits per heavy atom. The molecule has 0 saturated heterocycles. The number of hydrogen-bond donors (Lipinski definition) is 0. The van der Waals surface area contributed by atoms with Crippen LogP contribution in [0.3, 0.4) is 0 Å². The van der Waals surface area contributed by atoms with E-state index in [4.69, 9.17) is 11.4 Å². The van der Waals surface area contributed by atoms with Gasteiger partial charge in [-0.1, -0.05) is 20.8 Å². The van der Waals surface area contributed by atoms with Crippen molar-refractivity contribution >= 4 is 38.7 Å². The van der Waals surface area contributed by atoms with Crippen molar-refractivity contribution < 1.29 is 30.5 Å². The van der Waals surface area contributed by atoms with Crippen LogP contribution in [-0.2, 0) is 30.5 Å². The first-order valence-corrected chi connectivity index (χ1v) is 8.38. The summed E-state index contributed by atoms with van der Waals surface area (Å²) in [5.74, 6) is -2.08. The zero-order chi connectivity index (χ0) is 16.3. The van der Waals surface area contributed by atoms with Gasteiger partial charge in [-0.25, -0.2) is 0 Å². The molecular formula is C13H21AlO7. The lowest BCUT2D eigenvalue weighted by Gasteiger charge is -2.12. The minimum absolute atomic E-state index is 0.224. The molecule has 0 spiro atoms. The summed E-state index contributed by atoms with van der Waals surface area (Å²) in [6, 6.07) is 0. The third-order valence-corrected chi connectivity index (χ3v) is 3.80. The van der Waals surface area contributed by atoms with Gasteiger partial charge in [0.05, 0.1) is 0 Å². The fourth-order valence-corrected chi connectivity index (χ4v) is 2.38. The Kier molecular flexibility index (Phi) is 10.8. The highest BCUT2D eigenvalue weighted by atomic mass is 27.3. The number of rotatable bonds is 11. The predicted molar refractivity (Wildman–Crippen MR) is 74.0 cm³/mol. The van der Waals surface area contributed by atoms with E-state index < -0.39 is 27.1 Å². The topological polar surface area (TPSA) is 96.0 Å². The molecular weight excluding hydrogens is 295 g/mol. The zero-order valence-electron chi connectivity index (χ0n) is 12.7. The summed E-state index contributed by atoms with van der Waals surface area (Å²) in [7, 11) is 0. The SMILES string of the molecule is CCC[O][Al]([O]C(=O)CC(=O)CC)[O]C(=O)CC(=O)CC. The number of carbonyl (C=O) groups excluding carboxylic acids is 4. The minimum atomic E-state index is -3.01. The first-order chi connectivity index (χ1) is 9.92. The maximum atomic E-state index is 11.5.